The highest BCUT2D eigenvalue weighted by Gasteiger charge is 2.09. The van der Waals surface area contributed by atoms with Crippen molar-refractivity contribution in [2.75, 3.05) is 0 Å². The summed E-state index contributed by atoms with van der Waals surface area (Å²) in [5, 5.41) is 0. The fourth-order valence-electron chi connectivity index (χ4n) is 1.87. The van der Waals surface area contributed by atoms with Crippen LogP contribution < -0.4 is 10.5 Å². The highest BCUT2D eigenvalue weighted by atomic mass is 79.9. The summed E-state index contributed by atoms with van der Waals surface area (Å²) in [5.74, 6) is 0.373. The number of benzene rings is 2. The summed E-state index contributed by atoms with van der Waals surface area (Å²) in [5.41, 5.74) is 7.08. The Morgan fingerprint density at radius 1 is 1.19 bits per heavy atom. The summed E-state index contributed by atoms with van der Waals surface area (Å²) in [6, 6.07) is 10.4. The van der Waals surface area contributed by atoms with E-state index in [-0.39, 0.29) is 11.8 Å². The van der Waals surface area contributed by atoms with Crippen LogP contribution in [0.3, 0.4) is 0 Å². The highest BCUT2D eigenvalue weighted by molar-refractivity contribution is 9.10. The lowest BCUT2D eigenvalue weighted by Gasteiger charge is -2.12. The van der Waals surface area contributed by atoms with Crippen molar-refractivity contribution < 1.29 is 9.13 Å². The van der Waals surface area contributed by atoms with E-state index in [4.69, 9.17) is 10.5 Å². The second kappa shape index (κ2) is 7.38. The highest BCUT2D eigenvalue weighted by Crippen LogP contribution is 2.30. The zero-order chi connectivity index (χ0) is 15.4. The molecule has 0 aliphatic rings. The van der Waals surface area contributed by atoms with Crippen molar-refractivity contribution in [1.29, 1.82) is 0 Å². The summed E-state index contributed by atoms with van der Waals surface area (Å²) in [6.45, 7) is 2.06. The molecule has 2 rings (SSSR count). The van der Waals surface area contributed by atoms with Crippen molar-refractivity contribution in [2.45, 2.75) is 25.8 Å². The normalized spacial score (nSPS) is 12.2. The Morgan fingerprint density at radius 3 is 2.57 bits per heavy atom. The number of ether oxygens (including phenoxy) is 1. The maximum absolute atomic E-state index is 13.8. The van der Waals surface area contributed by atoms with Crippen LogP contribution in [0.15, 0.2) is 45.3 Å². The maximum Gasteiger partial charge on any atom is 0.166 e. The number of hydrogen-bond acceptors (Lipinski definition) is 2. The van der Waals surface area contributed by atoms with Crippen molar-refractivity contribution >= 4 is 31.9 Å². The molecule has 0 heterocycles. The first-order valence-corrected chi connectivity index (χ1v) is 8.25. The van der Waals surface area contributed by atoms with Crippen molar-refractivity contribution in [3.63, 3.8) is 0 Å². The minimum absolute atomic E-state index is 0.136. The first kappa shape index (κ1) is 16.5. The molecule has 2 aromatic rings. The van der Waals surface area contributed by atoms with Crippen LogP contribution in [-0.4, -0.2) is 6.04 Å². The molecule has 2 nitrogen and oxygen atoms in total. The van der Waals surface area contributed by atoms with Crippen LogP contribution in [0.2, 0.25) is 0 Å². The van der Waals surface area contributed by atoms with Gasteiger partial charge in [0.2, 0.25) is 0 Å². The van der Waals surface area contributed by atoms with Gasteiger partial charge in [0.15, 0.2) is 11.6 Å². The van der Waals surface area contributed by atoms with Crippen molar-refractivity contribution in [1.82, 2.24) is 0 Å². The number of nitrogens with two attached hydrogens (primary N) is 1. The Morgan fingerprint density at radius 2 is 1.95 bits per heavy atom. The Kier molecular flexibility index (Phi) is 5.79. The molecule has 21 heavy (non-hydrogen) atoms. The van der Waals surface area contributed by atoms with Crippen molar-refractivity contribution in [3.05, 3.63) is 56.7 Å². The predicted molar refractivity (Wildman–Crippen MR) is 90.3 cm³/mol. The fourth-order valence-corrected chi connectivity index (χ4v) is 2.72. The third kappa shape index (κ3) is 4.53. The van der Waals surface area contributed by atoms with Gasteiger partial charge in [0.1, 0.15) is 5.75 Å². The monoisotopic (exact) mass is 415 g/mol. The quantitative estimate of drug-likeness (QED) is 0.705. The van der Waals surface area contributed by atoms with Crippen molar-refractivity contribution in [2.24, 2.45) is 5.73 Å². The topological polar surface area (TPSA) is 35.2 Å². The summed E-state index contributed by atoms with van der Waals surface area (Å²) < 4.78 is 20.9. The summed E-state index contributed by atoms with van der Waals surface area (Å²) in [7, 11) is 0. The molecule has 0 saturated heterocycles. The number of halogens is 3. The first-order chi connectivity index (χ1) is 9.99. The molecule has 112 valence electrons. The number of hydrogen-bond donors (Lipinski definition) is 1. The van der Waals surface area contributed by atoms with Crippen LogP contribution in [0.25, 0.3) is 0 Å². The molecular formula is C16H16Br2FNO. The van der Waals surface area contributed by atoms with E-state index in [0.717, 1.165) is 22.9 Å². The van der Waals surface area contributed by atoms with E-state index < -0.39 is 5.82 Å². The molecule has 2 N–H and O–H groups in total. The van der Waals surface area contributed by atoms with Crippen LogP contribution in [0.5, 0.6) is 11.5 Å². The van der Waals surface area contributed by atoms with Gasteiger partial charge in [-0.2, -0.15) is 0 Å². The second-order valence-electron chi connectivity index (χ2n) is 4.80. The van der Waals surface area contributed by atoms with Gasteiger partial charge in [0, 0.05) is 15.0 Å². The van der Waals surface area contributed by atoms with E-state index in [1.54, 1.807) is 12.1 Å². The van der Waals surface area contributed by atoms with Gasteiger partial charge in [-0.15, -0.1) is 0 Å². The SMILES string of the molecule is CCC(N)Cc1ccc(Oc2ccc(Br)cc2F)cc1Br. The summed E-state index contributed by atoms with van der Waals surface area (Å²) in [4.78, 5) is 0. The van der Waals surface area contributed by atoms with Gasteiger partial charge in [-0.25, -0.2) is 4.39 Å². The molecule has 0 aromatic heterocycles. The Hall–Kier alpha value is -0.910. The Labute approximate surface area is 140 Å². The van der Waals surface area contributed by atoms with E-state index >= 15 is 0 Å². The van der Waals surface area contributed by atoms with Gasteiger partial charge in [-0.1, -0.05) is 44.8 Å². The molecule has 0 aliphatic carbocycles. The van der Waals surface area contributed by atoms with Gasteiger partial charge in [-0.3, -0.25) is 0 Å². The number of rotatable bonds is 5. The van der Waals surface area contributed by atoms with Gasteiger partial charge >= 0.3 is 0 Å². The van der Waals surface area contributed by atoms with E-state index in [1.807, 2.05) is 18.2 Å². The van der Waals surface area contributed by atoms with Gasteiger partial charge < -0.3 is 10.5 Å². The lowest BCUT2D eigenvalue weighted by Crippen LogP contribution is -2.21. The van der Waals surface area contributed by atoms with Crippen LogP contribution in [0, 0.1) is 5.82 Å². The molecule has 0 saturated carbocycles. The second-order valence-corrected chi connectivity index (χ2v) is 6.57. The van der Waals surface area contributed by atoms with E-state index in [1.165, 1.54) is 6.07 Å². The Bertz CT molecular complexity index is 634. The molecule has 0 aliphatic heterocycles. The summed E-state index contributed by atoms with van der Waals surface area (Å²) in [6.07, 6.45) is 1.72. The largest absolute Gasteiger partial charge is 0.454 e. The van der Waals surface area contributed by atoms with Gasteiger partial charge in [-0.05, 0) is 48.7 Å². The van der Waals surface area contributed by atoms with Gasteiger partial charge in [0.05, 0.1) is 0 Å². The molecule has 0 amide bonds. The average molecular weight is 417 g/mol. The van der Waals surface area contributed by atoms with Crippen LogP contribution in [0.4, 0.5) is 4.39 Å². The van der Waals surface area contributed by atoms with Gasteiger partial charge in [0.25, 0.3) is 0 Å². The summed E-state index contributed by atoms with van der Waals surface area (Å²) >= 11 is 6.73. The lowest BCUT2D eigenvalue weighted by atomic mass is 10.0. The third-order valence-electron chi connectivity index (χ3n) is 3.15. The van der Waals surface area contributed by atoms with E-state index in [9.17, 15) is 4.39 Å². The standard InChI is InChI=1S/C16H16Br2FNO/c1-2-12(20)7-10-3-5-13(9-14(10)18)21-16-6-4-11(17)8-15(16)19/h3-6,8-9,12H,2,7,20H2,1H3. The first-order valence-electron chi connectivity index (χ1n) is 6.66. The molecule has 1 unspecified atom stereocenters. The smallest absolute Gasteiger partial charge is 0.166 e. The van der Waals surface area contributed by atoms with Crippen molar-refractivity contribution in [3.8, 4) is 11.5 Å². The minimum atomic E-state index is -0.405. The molecule has 0 bridgehead atoms. The zero-order valence-corrected chi connectivity index (χ0v) is 14.7. The molecule has 0 spiro atoms. The molecule has 0 radical (unpaired) electrons. The predicted octanol–water partition coefficient (Wildman–Crippen LogP) is 5.42. The van der Waals surface area contributed by atoms with Crippen LogP contribution in [-0.2, 0) is 6.42 Å². The molecule has 5 heteroatoms. The molecule has 2 aromatic carbocycles. The lowest BCUT2D eigenvalue weighted by molar-refractivity contribution is 0.441. The maximum atomic E-state index is 13.8. The minimum Gasteiger partial charge on any atom is -0.454 e. The van der Waals surface area contributed by atoms with E-state index in [2.05, 4.69) is 38.8 Å². The zero-order valence-electron chi connectivity index (χ0n) is 11.6. The molecular weight excluding hydrogens is 401 g/mol. The average Bonchev–Trinajstić information content (AvgIpc) is 2.44. The third-order valence-corrected chi connectivity index (χ3v) is 4.38. The Balaban J connectivity index is 2.16. The van der Waals surface area contributed by atoms with Crippen LogP contribution in [0.1, 0.15) is 18.9 Å². The van der Waals surface area contributed by atoms with E-state index in [0.29, 0.717) is 10.2 Å². The fraction of sp³-hybridized carbons (Fsp3) is 0.250. The van der Waals surface area contributed by atoms with Crippen LogP contribution >= 0.6 is 31.9 Å². The molecule has 1 atom stereocenters. The molecule has 0 fully saturated rings.